The minimum atomic E-state index is -0.0859. The van der Waals surface area contributed by atoms with E-state index in [1.807, 2.05) is 0 Å². The fourth-order valence-electron chi connectivity index (χ4n) is 2.97. The maximum atomic E-state index is 3.87. The molecule has 1 saturated carbocycles. The largest absolute Gasteiger partial charge is 0.101 e. The first-order chi connectivity index (χ1) is 7.96. The molecule has 5 heteroatoms. The van der Waals surface area contributed by atoms with Crippen molar-refractivity contribution < 1.29 is 0 Å². The first-order valence-electron chi connectivity index (χ1n) is 5.35. The lowest BCUT2D eigenvalue weighted by Gasteiger charge is -2.55. The highest BCUT2D eigenvalue weighted by molar-refractivity contribution is 9.26. The van der Waals surface area contributed by atoms with Gasteiger partial charge in [-0.2, -0.15) is 0 Å². The molecule has 3 aliphatic rings. The van der Waals surface area contributed by atoms with E-state index in [2.05, 4.69) is 104 Å². The quantitative estimate of drug-likeness (QED) is 0.365. The number of benzene rings is 1. The second-order valence-electron chi connectivity index (χ2n) is 4.60. The Morgan fingerprint density at radius 3 is 2.12 bits per heavy atom. The maximum absolute atomic E-state index is 3.87. The molecule has 1 fully saturated rings. The second kappa shape index (κ2) is 4.57. The van der Waals surface area contributed by atoms with Gasteiger partial charge in [-0.05, 0) is 11.1 Å². The zero-order chi connectivity index (χ0) is 12.4. The summed E-state index contributed by atoms with van der Waals surface area (Å²) in [6.07, 6.45) is 0. The average Bonchev–Trinajstić information content (AvgIpc) is 2.28. The van der Waals surface area contributed by atoms with Crippen LogP contribution in [0, 0.1) is 0 Å². The lowest BCUT2D eigenvalue weighted by atomic mass is 9.66. The zero-order valence-corrected chi connectivity index (χ0v) is 16.5. The van der Waals surface area contributed by atoms with Crippen molar-refractivity contribution in [2.75, 3.05) is 0 Å². The fraction of sp³-hybridized carbons (Fsp3) is 0.500. The highest BCUT2D eigenvalue weighted by atomic mass is 79.9. The number of halogens is 5. The van der Waals surface area contributed by atoms with Crippen molar-refractivity contribution in [3.63, 3.8) is 0 Å². The van der Waals surface area contributed by atoms with E-state index in [0.29, 0.717) is 26.3 Å². The van der Waals surface area contributed by atoms with Crippen LogP contribution in [0.15, 0.2) is 24.3 Å². The molecule has 0 spiro atoms. The third-order valence-corrected chi connectivity index (χ3v) is 11.2. The maximum Gasteiger partial charge on any atom is 0.101 e. The van der Waals surface area contributed by atoms with Crippen molar-refractivity contribution in [1.82, 2.24) is 0 Å². The van der Waals surface area contributed by atoms with E-state index in [-0.39, 0.29) is 3.23 Å². The highest BCUT2D eigenvalue weighted by Crippen LogP contribution is 2.65. The van der Waals surface area contributed by atoms with Gasteiger partial charge >= 0.3 is 0 Å². The van der Waals surface area contributed by atoms with Crippen molar-refractivity contribution in [2.24, 2.45) is 0 Å². The Kier molecular flexibility index (Phi) is 3.66. The van der Waals surface area contributed by atoms with Crippen LogP contribution < -0.4 is 0 Å². The summed E-state index contributed by atoms with van der Waals surface area (Å²) in [4.78, 5) is 1.25. The Balaban J connectivity index is 2.25. The number of hydrogen-bond donors (Lipinski definition) is 0. The molecule has 5 atom stereocenters. The molecule has 1 aromatic carbocycles. The molecular formula is C12H9Br5. The molecule has 0 radical (unpaired) electrons. The van der Waals surface area contributed by atoms with Crippen molar-refractivity contribution in [1.29, 1.82) is 0 Å². The van der Waals surface area contributed by atoms with Crippen LogP contribution in [0.25, 0.3) is 0 Å². The zero-order valence-electron chi connectivity index (χ0n) is 8.59. The average molecular weight is 553 g/mol. The van der Waals surface area contributed by atoms with Crippen molar-refractivity contribution in [3.05, 3.63) is 35.4 Å². The molecule has 17 heavy (non-hydrogen) atoms. The summed E-state index contributed by atoms with van der Waals surface area (Å²) in [7, 11) is 0. The van der Waals surface area contributed by atoms with Gasteiger partial charge in [-0.1, -0.05) is 104 Å². The highest BCUT2D eigenvalue weighted by Gasteiger charge is 2.60. The van der Waals surface area contributed by atoms with Gasteiger partial charge in [0.1, 0.15) is 3.23 Å². The number of fused-ring (bicyclic) bond motifs is 2. The topological polar surface area (TPSA) is 0 Å². The molecule has 0 nitrogen and oxygen atoms in total. The van der Waals surface area contributed by atoms with Gasteiger partial charge < -0.3 is 0 Å². The van der Waals surface area contributed by atoms with Gasteiger partial charge in [0.2, 0.25) is 0 Å². The standard InChI is InChI=1S/C12H9Br5/c13-9-7-5-3-1-2-4-6(5)8(10(9)14)12(16,17)11(7)15/h1-4,7-11H/t7-,8+,9+,10-,11-/m1/s1. The molecule has 2 bridgehead atoms. The molecule has 0 unspecified atom stereocenters. The molecule has 92 valence electrons. The summed E-state index contributed by atoms with van der Waals surface area (Å²) >= 11 is 19.3. The van der Waals surface area contributed by atoms with Gasteiger partial charge in [0.25, 0.3) is 0 Å². The SMILES string of the molecule is Br[C@@H]1[C@H](Br)[C@@H]2c3ccccc3[C@H]1[C@@H](Br)C2(Br)Br. The fourth-order valence-corrected chi connectivity index (χ4v) is 8.55. The Bertz CT molecular complexity index is 458. The van der Waals surface area contributed by atoms with Crippen LogP contribution in [0.2, 0.25) is 0 Å². The van der Waals surface area contributed by atoms with Crippen LogP contribution in [0.3, 0.4) is 0 Å². The molecule has 0 heterocycles. The minimum Gasteiger partial charge on any atom is -0.0871 e. The second-order valence-corrected chi connectivity index (χ2v) is 11.4. The van der Waals surface area contributed by atoms with Gasteiger partial charge in [0, 0.05) is 26.3 Å². The van der Waals surface area contributed by atoms with Gasteiger partial charge in [-0.15, -0.1) is 0 Å². The van der Waals surface area contributed by atoms with Crippen LogP contribution in [0.4, 0.5) is 0 Å². The molecule has 4 rings (SSSR count). The molecule has 3 aliphatic carbocycles. The lowest BCUT2D eigenvalue weighted by Crippen LogP contribution is -2.56. The van der Waals surface area contributed by atoms with Gasteiger partial charge in [0.15, 0.2) is 0 Å². The van der Waals surface area contributed by atoms with Gasteiger partial charge in [0.05, 0.1) is 0 Å². The monoisotopic (exact) mass is 548 g/mol. The van der Waals surface area contributed by atoms with E-state index >= 15 is 0 Å². The molecule has 0 amide bonds. The molecule has 0 aromatic heterocycles. The summed E-state index contributed by atoms with van der Waals surface area (Å²) in [5.41, 5.74) is 2.91. The Morgan fingerprint density at radius 1 is 0.882 bits per heavy atom. The third kappa shape index (κ3) is 1.82. The Morgan fingerprint density at radius 2 is 1.47 bits per heavy atom. The van der Waals surface area contributed by atoms with E-state index in [0.717, 1.165) is 0 Å². The van der Waals surface area contributed by atoms with Crippen LogP contribution in [-0.2, 0) is 0 Å². The first kappa shape index (κ1) is 13.6. The van der Waals surface area contributed by atoms with E-state index < -0.39 is 0 Å². The predicted octanol–water partition coefficient (Wildman–Crippen LogP) is 5.66. The van der Waals surface area contributed by atoms with Crippen LogP contribution >= 0.6 is 79.6 Å². The van der Waals surface area contributed by atoms with E-state index in [4.69, 9.17) is 0 Å². The van der Waals surface area contributed by atoms with E-state index in [1.54, 1.807) is 0 Å². The minimum absolute atomic E-state index is 0.0859. The number of hydrogen-bond acceptors (Lipinski definition) is 0. The Labute approximate surface area is 143 Å². The van der Waals surface area contributed by atoms with Crippen molar-refractivity contribution >= 4 is 79.6 Å². The van der Waals surface area contributed by atoms with Crippen LogP contribution in [0.5, 0.6) is 0 Å². The van der Waals surface area contributed by atoms with E-state index in [1.165, 1.54) is 11.1 Å². The van der Waals surface area contributed by atoms with Crippen LogP contribution in [-0.4, -0.2) is 17.7 Å². The summed E-state index contributed by atoms with van der Waals surface area (Å²) < 4.78 is -0.0859. The molecule has 0 aliphatic heterocycles. The molecule has 0 saturated heterocycles. The normalized spacial score (nSPS) is 42.3. The van der Waals surface area contributed by atoms with Crippen LogP contribution in [0.1, 0.15) is 23.0 Å². The molecule has 0 N–H and O–H groups in total. The smallest absolute Gasteiger partial charge is 0.0871 e. The Hall–Kier alpha value is 1.62. The molecular weight excluding hydrogens is 544 g/mol. The summed E-state index contributed by atoms with van der Waals surface area (Å²) in [5.74, 6) is 0.858. The third-order valence-electron chi connectivity index (χ3n) is 3.75. The van der Waals surface area contributed by atoms with Crippen molar-refractivity contribution in [2.45, 2.75) is 29.6 Å². The number of alkyl halides is 5. The lowest BCUT2D eigenvalue weighted by molar-refractivity contribution is 0.402. The van der Waals surface area contributed by atoms with Crippen molar-refractivity contribution in [3.8, 4) is 0 Å². The van der Waals surface area contributed by atoms with E-state index in [9.17, 15) is 0 Å². The summed E-state index contributed by atoms with van der Waals surface area (Å²) in [5, 5.41) is 0. The number of rotatable bonds is 0. The summed E-state index contributed by atoms with van der Waals surface area (Å²) in [6.45, 7) is 0. The predicted molar refractivity (Wildman–Crippen MR) is 90.7 cm³/mol. The summed E-state index contributed by atoms with van der Waals surface area (Å²) in [6, 6.07) is 8.76. The van der Waals surface area contributed by atoms with Gasteiger partial charge in [-0.3, -0.25) is 0 Å². The van der Waals surface area contributed by atoms with Gasteiger partial charge in [-0.25, -0.2) is 0 Å². The molecule has 1 aromatic rings. The first-order valence-corrected chi connectivity index (χ1v) is 9.68.